The van der Waals surface area contributed by atoms with Crippen LogP contribution < -0.4 is 4.74 Å². The molecule has 0 aliphatic rings. The van der Waals surface area contributed by atoms with Gasteiger partial charge in [-0.25, -0.2) is 0 Å². The summed E-state index contributed by atoms with van der Waals surface area (Å²) in [6.07, 6.45) is 3.39. The molecule has 0 N–H and O–H groups in total. The average Bonchev–Trinajstić information content (AvgIpc) is 2.45. The number of ether oxygens (including phenoxy) is 1. The van der Waals surface area contributed by atoms with Gasteiger partial charge in [-0.05, 0) is 29.2 Å². The first kappa shape index (κ1) is 14.1. The van der Waals surface area contributed by atoms with Crippen LogP contribution in [-0.4, -0.2) is 12.1 Å². The lowest BCUT2D eigenvalue weighted by molar-refractivity contribution is 0.411. The molecular formula is C18H19NO. The second-order valence-electron chi connectivity index (χ2n) is 5.65. The minimum Gasteiger partial charge on any atom is -0.494 e. The third-order valence-corrected chi connectivity index (χ3v) is 3.10. The van der Waals surface area contributed by atoms with Gasteiger partial charge in [0.2, 0.25) is 0 Å². The van der Waals surface area contributed by atoms with Gasteiger partial charge in [-0.2, -0.15) is 0 Å². The number of rotatable bonds is 1. The maximum absolute atomic E-state index is 5.23. The van der Waals surface area contributed by atoms with Crippen LogP contribution in [0.4, 0.5) is 0 Å². The van der Waals surface area contributed by atoms with Gasteiger partial charge < -0.3 is 4.74 Å². The molecule has 0 bridgehead atoms. The van der Waals surface area contributed by atoms with E-state index < -0.39 is 0 Å². The van der Waals surface area contributed by atoms with Crippen molar-refractivity contribution >= 4 is 0 Å². The highest BCUT2D eigenvalue weighted by atomic mass is 16.5. The lowest BCUT2D eigenvalue weighted by atomic mass is 9.87. The Morgan fingerprint density at radius 1 is 1.00 bits per heavy atom. The summed E-state index contributed by atoms with van der Waals surface area (Å²) in [6.45, 7) is 6.61. The highest BCUT2D eigenvalue weighted by Gasteiger charge is 2.12. The van der Waals surface area contributed by atoms with Crippen LogP contribution in [-0.2, 0) is 5.41 Å². The number of hydrogen-bond acceptors (Lipinski definition) is 2. The van der Waals surface area contributed by atoms with Crippen molar-refractivity contribution in [3.8, 4) is 17.6 Å². The monoisotopic (exact) mass is 265 g/mol. The van der Waals surface area contributed by atoms with Crippen molar-refractivity contribution < 1.29 is 4.74 Å². The zero-order chi connectivity index (χ0) is 14.6. The molecule has 1 heterocycles. The van der Waals surface area contributed by atoms with Gasteiger partial charge >= 0.3 is 0 Å². The molecule has 0 aliphatic heterocycles. The Kier molecular flexibility index (Phi) is 4.10. The number of nitrogens with zero attached hydrogens (tertiary/aromatic N) is 1. The van der Waals surface area contributed by atoms with Gasteiger partial charge in [0.15, 0.2) is 5.75 Å². The minimum absolute atomic E-state index is 0.167. The number of hydrogen-bond donors (Lipinski definition) is 0. The van der Waals surface area contributed by atoms with E-state index in [9.17, 15) is 0 Å². The van der Waals surface area contributed by atoms with E-state index in [2.05, 4.69) is 61.9 Å². The second kappa shape index (κ2) is 5.79. The van der Waals surface area contributed by atoms with Gasteiger partial charge in [0.25, 0.3) is 0 Å². The Morgan fingerprint density at radius 3 is 2.30 bits per heavy atom. The fraction of sp³-hybridized carbons (Fsp3) is 0.278. The molecule has 0 saturated carbocycles. The lowest BCUT2D eigenvalue weighted by Gasteiger charge is -2.18. The number of benzene rings is 1. The fourth-order valence-corrected chi connectivity index (χ4v) is 1.84. The molecule has 2 nitrogen and oxygen atoms in total. The van der Waals surface area contributed by atoms with Gasteiger partial charge in [0.05, 0.1) is 18.9 Å². The quantitative estimate of drug-likeness (QED) is 0.732. The topological polar surface area (TPSA) is 22.1 Å². The molecular weight excluding hydrogens is 246 g/mol. The zero-order valence-electron chi connectivity index (χ0n) is 12.4. The first-order valence-corrected chi connectivity index (χ1v) is 6.61. The molecule has 2 rings (SSSR count). The molecule has 1 aromatic carbocycles. The van der Waals surface area contributed by atoms with E-state index in [1.165, 1.54) is 5.56 Å². The highest BCUT2D eigenvalue weighted by molar-refractivity contribution is 5.48. The van der Waals surface area contributed by atoms with Crippen LogP contribution in [0.3, 0.4) is 0 Å². The number of aromatic nitrogens is 1. The van der Waals surface area contributed by atoms with E-state index >= 15 is 0 Å². The molecule has 102 valence electrons. The van der Waals surface area contributed by atoms with Crippen LogP contribution in [0.25, 0.3) is 0 Å². The van der Waals surface area contributed by atoms with Crippen LogP contribution in [0.2, 0.25) is 0 Å². The summed E-state index contributed by atoms with van der Waals surface area (Å²) in [5, 5.41) is 0. The summed E-state index contributed by atoms with van der Waals surface area (Å²) in [5.74, 6) is 6.98. The molecule has 0 aliphatic carbocycles. The minimum atomic E-state index is 0.167. The molecule has 0 atom stereocenters. The predicted octanol–water partition coefficient (Wildman–Crippen LogP) is 3.79. The molecule has 0 amide bonds. The van der Waals surface area contributed by atoms with Gasteiger partial charge in [-0.3, -0.25) is 4.98 Å². The normalized spacial score (nSPS) is 10.6. The number of pyridine rings is 1. The molecule has 0 fully saturated rings. The Hall–Kier alpha value is -2.27. The second-order valence-corrected chi connectivity index (χ2v) is 5.65. The molecule has 0 spiro atoms. The van der Waals surface area contributed by atoms with Gasteiger partial charge in [0.1, 0.15) is 0 Å². The standard InChI is InChI=1S/C18H19NO/c1-18(2,3)16-9-6-14(7-10-16)5-8-15-11-12-19-13-17(15)20-4/h6-7,9-13H,1-4H3. The van der Waals surface area contributed by atoms with Crippen LogP contribution >= 0.6 is 0 Å². The van der Waals surface area contributed by atoms with Crippen molar-refractivity contribution in [2.45, 2.75) is 26.2 Å². The van der Waals surface area contributed by atoms with Crippen LogP contribution in [0.5, 0.6) is 5.75 Å². The SMILES string of the molecule is COc1cnccc1C#Cc1ccc(C(C)(C)C)cc1. The van der Waals surface area contributed by atoms with Crippen LogP contribution in [0, 0.1) is 11.8 Å². The lowest BCUT2D eigenvalue weighted by Crippen LogP contribution is -2.10. The molecule has 2 aromatic rings. The van der Waals surface area contributed by atoms with Crippen molar-refractivity contribution in [2.24, 2.45) is 0 Å². The van der Waals surface area contributed by atoms with E-state index in [1.54, 1.807) is 19.5 Å². The van der Waals surface area contributed by atoms with Crippen molar-refractivity contribution in [1.29, 1.82) is 0 Å². The summed E-state index contributed by atoms with van der Waals surface area (Å²) in [4.78, 5) is 4.02. The van der Waals surface area contributed by atoms with E-state index in [0.29, 0.717) is 5.75 Å². The smallest absolute Gasteiger partial charge is 0.152 e. The predicted molar refractivity (Wildman–Crippen MR) is 81.9 cm³/mol. The van der Waals surface area contributed by atoms with Gasteiger partial charge in [-0.1, -0.05) is 44.7 Å². The van der Waals surface area contributed by atoms with Crippen molar-refractivity contribution in [1.82, 2.24) is 4.98 Å². The Labute approximate surface area is 120 Å². The number of methoxy groups -OCH3 is 1. The summed E-state index contributed by atoms with van der Waals surface area (Å²) in [5.41, 5.74) is 3.32. The third-order valence-electron chi connectivity index (χ3n) is 3.10. The summed E-state index contributed by atoms with van der Waals surface area (Å²) < 4.78 is 5.23. The molecule has 20 heavy (non-hydrogen) atoms. The first-order chi connectivity index (χ1) is 9.50. The molecule has 1 aromatic heterocycles. The van der Waals surface area contributed by atoms with Crippen molar-refractivity contribution in [3.05, 3.63) is 59.4 Å². The van der Waals surface area contributed by atoms with E-state index in [4.69, 9.17) is 4.74 Å². The summed E-state index contributed by atoms with van der Waals surface area (Å²) in [7, 11) is 1.63. The largest absolute Gasteiger partial charge is 0.494 e. The van der Waals surface area contributed by atoms with Crippen LogP contribution in [0.15, 0.2) is 42.7 Å². The van der Waals surface area contributed by atoms with Gasteiger partial charge in [0, 0.05) is 11.8 Å². The van der Waals surface area contributed by atoms with Crippen molar-refractivity contribution in [3.63, 3.8) is 0 Å². The Bertz CT molecular complexity index is 640. The summed E-state index contributed by atoms with van der Waals surface area (Å²) >= 11 is 0. The van der Waals surface area contributed by atoms with Crippen LogP contribution in [0.1, 0.15) is 37.5 Å². The third kappa shape index (κ3) is 3.39. The zero-order valence-corrected chi connectivity index (χ0v) is 12.4. The summed E-state index contributed by atoms with van der Waals surface area (Å²) in [6, 6.07) is 10.2. The Balaban J connectivity index is 2.25. The van der Waals surface area contributed by atoms with Crippen molar-refractivity contribution in [2.75, 3.05) is 7.11 Å². The molecule has 0 radical (unpaired) electrons. The Morgan fingerprint density at radius 2 is 1.70 bits per heavy atom. The maximum atomic E-state index is 5.23. The maximum Gasteiger partial charge on any atom is 0.152 e. The fourth-order valence-electron chi connectivity index (χ4n) is 1.84. The van der Waals surface area contributed by atoms with E-state index in [-0.39, 0.29) is 5.41 Å². The van der Waals surface area contributed by atoms with E-state index in [0.717, 1.165) is 11.1 Å². The van der Waals surface area contributed by atoms with E-state index in [1.807, 2.05) is 6.07 Å². The average molecular weight is 265 g/mol. The molecule has 2 heteroatoms. The van der Waals surface area contributed by atoms with Gasteiger partial charge in [-0.15, -0.1) is 0 Å². The highest BCUT2D eigenvalue weighted by Crippen LogP contribution is 2.22. The molecule has 0 unspecified atom stereocenters. The first-order valence-electron chi connectivity index (χ1n) is 6.61. The molecule has 0 saturated heterocycles.